The van der Waals surface area contributed by atoms with Crippen LogP contribution in [0.3, 0.4) is 0 Å². The summed E-state index contributed by atoms with van der Waals surface area (Å²) in [5.41, 5.74) is 7.53. The minimum atomic E-state index is 0. The van der Waals surface area contributed by atoms with Crippen molar-refractivity contribution in [2.75, 3.05) is 0 Å². The molecule has 5 aliphatic heterocycles. The Morgan fingerprint density at radius 3 is 2.04 bits per heavy atom. The van der Waals surface area contributed by atoms with Crippen molar-refractivity contribution in [3.8, 4) is 0 Å². The molecule has 2 atom stereocenters. The third kappa shape index (κ3) is 3.11. The van der Waals surface area contributed by atoms with E-state index in [4.69, 9.17) is 15.0 Å². The Morgan fingerprint density at radius 2 is 1.33 bits per heavy atom. The van der Waals surface area contributed by atoms with Crippen molar-refractivity contribution < 1.29 is 19.5 Å². The van der Waals surface area contributed by atoms with E-state index in [-0.39, 0.29) is 19.5 Å². The van der Waals surface area contributed by atoms with E-state index >= 15 is 0 Å². The summed E-state index contributed by atoms with van der Waals surface area (Å²) in [5.74, 6) is 0. The van der Waals surface area contributed by atoms with Crippen LogP contribution in [-0.4, -0.2) is 29.2 Å². The Balaban J connectivity index is 0.00000146. The number of rotatable bonds is 0. The average molecular weight is 372 g/mol. The van der Waals surface area contributed by atoms with E-state index in [9.17, 15) is 0 Å². The first-order chi connectivity index (χ1) is 11.3. The number of fused-ring (bicyclic) bond motifs is 6. The molecule has 1 saturated heterocycles. The molecule has 120 valence electrons. The van der Waals surface area contributed by atoms with E-state index in [0.29, 0.717) is 12.1 Å². The van der Waals surface area contributed by atoms with Crippen LogP contribution in [0.5, 0.6) is 0 Å². The molecule has 24 heavy (non-hydrogen) atoms. The molecule has 0 radical (unpaired) electrons. The summed E-state index contributed by atoms with van der Waals surface area (Å²) in [4.78, 5) is 14.7. The van der Waals surface area contributed by atoms with Gasteiger partial charge in [-0.1, -0.05) is 0 Å². The summed E-state index contributed by atoms with van der Waals surface area (Å²) in [7, 11) is 0. The molecule has 0 amide bonds. The molecule has 5 rings (SSSR count). The van der Waals surface area contributed by atoms with Crippen LogP contribution in [0.4, 0.5) is 0 Å². The molecule has 0 aromatic heterocycles. The molecule has 2 unspecified atom stereocenters. The third-order valence-corrected chi connectivity index (χ3v) is 5.42. The summed E-state index contributed by atoms with van der Waals surface area (Å²) in [6.07, 6.45) is 15.6. The van der Waals surface area contributed by atoms with Gasteiger partial charge in [0, 0.05) is 53.7 Å². The van der Waals surface area contributed by atoms with Crippen LogP contribution in [0.2, 0.25) is 0 Å². The Kier molecular flexibility index (Phi) is 4.38. The number of aliphatic imine (C=N–C) groups is 3. The van der Waals surface area contributed by atoms with Crippen LogP contribution in [0.25, 0.3) is 0 Å². The van der Waals surface area contributed by atoms with Crippen LogP contribution in [0.1, 0.15) is 51.4 Å². The Bertz CT molecular complexity index is 738. The van der Waals surface area contributed by atoms with Gasteiger partial charge in [0.1, 0.15) is 0 Å². The van der Waals surface area contributed by atoms with Gasteiger partial charge in [-0.25, -0.2) is 0 Å². The summed E-state index contributed by atoms with van der Waals surface area (Å²) in [6, 6.07) is 0.778. The fourth-order valence-corrected chi connectivity index (χ4v) is 4.22. The number of allylic oxidation sites excluding steroid dienone is 6. The zero-order valence-electron chi connectivity index (χ0n) is 14.1. The van der Waals surface area contributed by atoms with Gasteiger partial charge in [0.25, 0.3) is 0 Å². The van der Waals surface area contributed by atoms with Crippen LogP contribution in [0, 0.1) is 0 Å². The van der Waals surface area contributed by atoms with Crippen molar-refractivity contribution >= 4 is 17.1 Å². The molecule has 0 aliphatic carbocycles. The van der Waals surface area contributed by atoms with E-state index in [1.807, 2.05) is 0 Å². The molecule has 1 N–H and O–H groups in total. The first-order valence-corrected chi connectivity index (χ1v) is 8.91. The average Bonchev–Trinajstić information content (AvgIpc) is 3.28. The van der Waals surface area contributed by atoms with Crippen molar-refractivity contribution in [1.29, 1.82) is 0 Å². The summed E-state index contributed by atoms with van der Waals surface area (Å²) < 4.78 is 0. The second-order valence-electron chi connectivity index (χ2n) is 7.16. The molecule has 5 heterocycles. The maximum Gasteiger partial charge on any atom is 0.0730 e. The summed E-state index contributed by atoms with van der Waals surface area (Å²) >= 11 is 0. The Labute approximate surface area is 155 Å². The molecule has 0 spiro atoms. The van der Waals surface area contributed by atoms with Gasteiger partial charge in [-0.05, 0) is 69.6 Å². The smallest absolute Gasteiger partial charge is 0.0730 e. The van der Waals surface area contributed by atoms with Gasteiger partial charge in [-0.3, -0.25) is 15.0 Å². The summed E-state index contributed by atoms with van der Waals surface area (Å²) in [6.45, 7) is 0. The first-order valence-electron chi connectivity index (χ1n) is 8.91. The van der Waals surface area contributed by atoms with E-state index in [2.05, 4.69) is 23.5 Å². The van der Waals surface area contributed by atoms with Gasteiger partial charge in [0.05, 0.1) is 12.1 Å². The Hall–Kier alpha value is -1.35. The largest absolute Gasteiger partial charge is 0.362 e. The maximum atomic E-state index is 4.97. The fraction of sp³-hybridized carbons (Fsp3) is 0.526. The van der Waals surface area contributed by atoms with Crippen LogP contribution in [-0.2, 0) is 19.5 Å². The van der Waals surface area contributed by atoms with E-state index < -0.39 is 0 Å². The molecule has 0 aromatic rings. The van der Waals surface area contributed by atoms with Crippen molar-refractivity contribution in [3.63, 3.8) is 0 Å². The molecule has 5 heteroatoms. The van der Waals surface area contributed by atoms with Gasteiger partial charge in [-0.2, -0.15) is 0 Å². The number of nitrogens with zero attached hydrogens (tertiary/aromatic N) is 3. The van der Waals surface area contributed by atoms with Crippen LogP contribution in [0.15, 0.2) is 50.3 Å². The van der Waals surface area contributed by atoms with E-state index in [1.165, 1.54) is 34.2 Å². The van der Waals surface area contributed by atoms with Gasteiger partial charge in [0.2, 0.25) is 0 Å². The molecule has 0 aromatic carbocycles. The van der Waals surface area contributed by atoms with Crippen molar-refractivity contribution in [3.05, 3.63) is 35.3 Å². The van der Waals surface area contributed by atoms with Crippen molar-refractivity contribution in [1.82, 2.24) is 5.32 Å². The van der Waals surface area contributed by atoms with E-state index in [1.54, 1.807) is 0 Å². The SMILES string of the molecule is C1=C2CCC(=N2)C=C2CCC(=CC3=NC(CC3)C3CCC1=N3)N2.[Zn]. The topological polar surface area (TPSA) is 49.1 Å². The number of nitrogens with one attached hydrogen (secondary N) is 1. The second kappa shape index (κ2) is 6.51. The van der Waals surface area contributed by atoms with Crippen molar-refractivity contribution in [2.45, 2.75) is 63.5 Å². The monoisotopic (exact) mass is 370 g/mol. The van der Waals surface area contributed by atoms with Gasteiger partial charge in [-0.15, -0.1) is 0 Å². The molecular formula is C19H22N4Zn. The zero-order chi connectivity index (χ0) is 15.2. The van der Waals surface area contributed by atoms with E-state index in [0.717, 1.165) is 51.4 Å². The minimum Gasteiger partial charge on any atom is -0.362 e. The standard InChI is InChI=1S/C19H22N4.Zn/c1-3-14-10-16-5-7-18(22-16)19-8-6-17(23-19)11-15-4-2-13(21-15)9-12(1)20-14;/h9-11,18-20H,1-8H2;. The number of hydrogen-bond acceptors (Lipinski definition) is 4. The Morgan fingerprint density at radius 1 is 0.708 bits per heavy atom. The van der Waals surface area contributed by atoms with Crippen LogP contribution < -0.4 is 5.32 Å². The fourth-order valence-electron chi connectivity index (χ4n) is 4.22. The molecule has 0 saturated carbocycles. The maximum absolute atomic E-state index is 4.97. The van der Waals surface area contributed by atoms with Crippen molar-refractivity contribution in [2.24, 2.45) is 15.0 Å². The summed E-state index contributed by atoms with van der Waals surface area (Å²) in [5, 5.41) is 3.57. The van der Waals surface area contributed by atoms with Crippen LogP contribution >= 0.6 is 0 Å². The second-order valence-corrected chi connectivity index (χ2v) is 7.16. The molecule has 5 aliphatic rings. The molecule has 4 nitrogen and oxygen atoms in total. The minimum absolute atomic E-state index is 0. The molecule has 1 fully saturated rings. The molecular weight excluding hydrogens is 350 g/mol. The first kappa shape index (κ1) is 16.1. The predicted molar refractivity (Wildman–Crippen MR) is 94.2 cm³/mol. The predicted octanol–water partition coefficient (Wildman–Crippen LogP) is 3.47. The van der Waals surface area contributed by atoms with Gasteiger partial charge < -0.3 is 5.32 Å². The normalized spacial score (nSPS) is 30.7. The molecule has 8 bridgehead atoms. The number of hydrogen-bond donors (Lipinski definition) is 1. The van der Waals surface area contributed by atoms with Gasteiger partial charge >= 0.3 is 0 Å². The van der Waals surface area contributed by atoms with Gasteiger partial charge in [0.15, 0.2) is 0 Å². The zero-order valence-corrected chi connectivity index (χ0v) is 17.1. The third-order valence-electron chi connectivity index (χ3n) is 5.42. The quantitative estimate of drug-likeness (QED) is 0.651.